The Labute approximate surface area is 166 Å². The number of hydrogen-bond donors (Lipinski definition) is 1. The van der Waals surface area contributed by atoms with Crippen LogP contribution in [0.3, 0.4) is 0 Å². The van der Waals surface area contributed by atoms with Crippen molar-refractivity contribution >= 4 is 16.9 Å². The molecule has 6 heteroatoms. The van der Waals surface area contributed by atoms with Crippen LogP contribution in [0, 0.1) is 6.92 Å². The first-order valence-corrected chi connectivity index (χ1v) is 9.16. The van der Waals surface area contributed by atoms with E-state index in [0.717, 1.165) is 5.56 Å². The molecule has 0 unspecified atom stereocenters. The van der Waals surface area contributed by atoms with Crippen molar-refractivity contribution in [3.8, 4) is 17.1 Å². The van der Waals surface area contributed by atoms with Crippen molar-refractivity contribution in [2.24, 2.45) is 0 Å². The lowest BCUT2D eigenvalue weighted by molar-refractivity contribution is -0.123. The molecule has 0 radical (unpaired) electrons. The number of carbonyl (C=O) groups excluding carboxylic acids is 1. The molecule has 0 fully saturated rings. The minimum atomic E-state index is -0.371. The normalized spacial score (nSPS) is 10.8. The fraction of sp³-hybridized carbons (Fsp3) is 0.130. The molecule has 146 valence electrons. The van der Waals surface area contributed by atoms with E-state index >= 15 is 0 Å². The van der Waals surface area contributed by atoms with Gasteiger partial charge in [0.05, 0.1) is 18.2 Å². The average Bonchev–Trinajstić information content (AvgIpc) is 3.25. The van der Waals surface area contributed by atoms with Gasteiger partial charge in [-0.3, -0.25) is 9.59 Å². The molecule has 1 N–H and O–H groups in total. The molecule has 29 heavy (non-hydrogen) atoms. The first-order valence-electron chi connectivity index (χ1n) is 9.16. The predicted molar refractivity (Wildman–Crippen MR) is 109 cm³/mol. The van der Waals surface area contributed by atoms with Crippen LogP contribution in [-0.4, -0.2) is 12.5 Å². The van der Waals surface area contributed by atoms with Gasteiger partial charge in [0.1, 0.15) is 11.3 Å². The second-order valence-corrected chi connectivity index (χ2v) is 6.60. The second-order valence-electron chi connectivity index (χ2n) is 6.60. The van der Waals surface area contributed by atoms with E-state index in [0.29, 0.717) is 28.1 Å². The summed E-state index contributed by atoms with van der Waals surface area (Å²) in [6, 6.07) is 18.0. The number of amides is 1. The van der Waals surface area contributed by atoms with Crippen LogP contribution in [0.4, 0.5) is 0 Å². The molecular formula is C23H19NO5. The Morgan fingerprint density at radius 2 is 1.90 bits per heavy atom. The van der Waals surface area contributed by atoms with Crippen LogP contribution in [0.1, 0.15) is 11.3 Å². The number of nitrogens with one attached hydrogen (secondary N) is 1. The van der Waals surface area contributed by atoms with Gasteiger partial charge in [0.25, 0.3) is 5.91 Å². The monoisotopic (exact) mass is 389 g/mol. The molecule has 0 saturated heterocycles. The Morgan fingerprint density at radius 3 is 2.66 bits per heavy atom. The Kier molecular flexibility index (Phi) is 5.16. The van der Waals surface area contributed by atoms with Gasteiger partial charge < -0.3 is 18.9 Å². The fourth-order valence-electron chi connectivity index (χ4n) is 2.98. The first kappa shape index (κ1) is 18.6. The van der Waals surface area contributed by atoms with Gasteiger partial charge >= 0.3 is 0 Å². The Balaban J connectivity index is 1.64. The lowest BCUT2D eigenvalue weighted by Crippen LogP contribution is -2.29. The minimum absolute atomic E-state index is 0.0145. The van der Waals surface area contributed by atoms with Gasteiger partial charge in [-0.15, -0.1) is 0 Å². The lowest BCUT2D eigenvalue weighted by Gasteiger charge is -2.12. The van der Waals surface area contributed by atoms with E-state index in [1.807, 2.05) is 49.4 Å². The Morgan fingerprint density at radius 1 is 1.07 bits per heavy atom. The van der Waals surface area contributed by atoms with Gasteiger partial charge in [-0.1, -0.05) is 36.4 Å². The third-order valence-electron chi connectivity index (χ3n) is 4.43. The van der Waals surface area contributed by atoms with Crippen molar-refractivity contribution in [2.75, 3.05) is 6.61 Å². The fourth-order valence-corrected chi connectivity index (χ4v) is 2.98. The maximum absolute atomic E-state index is 13.1. The third kappa shape index (κ3) is 4.06. The number of aryl methyl sites for hydroxylation is 1. The molecule has 0 aliphatic heterocycles. The standard InChI is InChI=1S/C23H19NO5/c1-15-9-10-18-19(12-15)29-22(16-6-3-2-4-7-16)23(21(18)26)28-14-20(25)24-13-17-8-5-11-27-17/h2-12H,13-14H2,1H3,(H,24,25). The van der Waals surface area contributed by atoms with Crippen molar-refractivity contribution in [2.45, 2.75) is 13.5 Å². The molecule has 0 saturated carbocycles. The van der Waals surface area contributed by atoms with Crippen LogP contribution in [0.25, 0.3) is 22.3 Å². The quantitative estimate of drug-likeness (QED) is 0.538. The Hall–Kier alpha value is -3.80. The Bertz CT molecular complexity index is 1190. The summed E-state index contributed by atoms with van der Waals surface area (Å²) in [4.78, 5) is 25.2. The predicted octanol–water partition coefficient (Wildman–Crippen LogP) is 4.06. The summed E-state index contributed by atoms with van der Waals surface area (Å²) in [5, 5.41) is 3.09. The summed E-state index contributed by atoms with van der Waals surface area (Å²) >= 11 is 0. The van der Waals surface area contributed by atoms with Crippen LogP contribution in [-0.2, 0) is 11.3 Å². The molecule has 1 amide bonds. The lowest BCUT2D eigenvalue weighted by atomic mass is 10.1. The molecule has 2 aromatic carbocycles. The van der Waals surface area contributed by atoms with Gasteiger partial charge in [-0.2, -0.15) is 0 Å². The zero-order valence-electron chi connectivity index (χ0n) is 15.8. The van der Waals surface area contributed by atoms with Crippen molar-refractivity contribution in [3.05, 3.63) is 88.5 Å². The summed E-state index contributed by atoms with van der Waals surface area (Å²) < 4.78 is 16.8. The van der Waals surface area contributed by atoms with Crippen molar-refractivity contribution < 1.29 is 18.4 Å². The molecule has 2 heterocycles. The maximum Gasteiger partial charge on any atom is 0.258 e. The van der Waals surface area contributed by atoms with Crippen LogP contribution in [0.15, 0.2) is 80.6 Å². The smallest absolute Gasteiger partial charge is 0.258 e. The van der Waals surface area contributed by atoms with Crippen molar-refractivity contribution in [1.29, 1.82) is 0 Å². The number of fused-ring (bicyclic) bond motifs is 1. The largest absolute Gasteiger partial charge is 0.476 e. The highest BCUT2D eigenvalue weighted by Crippen LogP contribution is 2.31. The van der Waals surface area contributed by atoms with Crippen LogP contribution < -0.4 is 15.5 Å². The number of rotatable bonds is 6. The molecule has 6 nitrogen and oxygen atoms in total. The molecule has 4 aromatic rings. The van der Waals surface area contributed by atoms with E-state index in [1.165, 1.54) is 6.26 Å². The molecule has 0 aliphatic rings. The van der Waals surface area contributed by atoms with Gasteiger partial charge in [0, 0.05) is 5.56 Å². The number of benzene rings is 2. The summed E-state index contributed by atoms with van der Waals surface area (Å²) in [7, 11) is 0. The molecular weight excluding hydrogens is 370 g/mol. The molecule has 2 aromatic heterocycles. The highest BCUT2D eigenvalue weighted by atomic mass is 16.5. The summed E-state index contributed by atoms with van der Waals surface area (Å²) in [6.45, 7) is 1.85. The number of ether oxygens (including phenoxy) is 1. The number of hydrogen-bond acceptors (Lipinski definition) is 5. The van der Waals surface area contributed by atoms with Gasteiger partial charge in [-0.05, 0) is 36.8 Å². The van der Waals surface area contributed by atoms with Crippen molar-refractivity contribution in [1.82, 2.24) is 5.32 Å². The third-order valence-corrected chi connectivity index (χ3v) is 4.43. The second kappa shape index (κ2) is 8.06. The van der Waals surface area contributed by atoms with Crippen LogP contribution in [0.5, 0.6) is 5.75 Å². The van der Waals surface area contributed by atoms with Gasteiger partial charge in [0.15, 0.2) is 12.4 Å². The number of furan rings is 1. The van der Waals surface area contributed by atoms with Gasteiger partial charge in [-0.25, -0.2) is 0 Å². The van der Waals surface area contributed by atoms with Crippen LogP contribution >= 0.6 is 0 Å². The van der Waals surface area contributed by atoms with Crippen molar-refractivity contribution in [3.63, 3.8) is 0 Å². The molecule has 4 rings (SSSR count). The molecule has 0 spiro atoms. The zero-order chi connectivity index (χ0) is 20.2. The minimum Gasteiger partial charge on any atom is -0.476 e. The van der Waals surface area contributed by atoms with E-state index < -0.39 is 0 Å². The SMILES string of the molecule is Cc1ccc2c(=O)c(OCC(=O)NCc3ccco3)c(-c3ccccc3)oc2c1. The topological polar surface area (TPSA) is 81.7 Å². The first-order chi connectivity index (χ1) is 14.1. The van der Waals surface area contributed by atoms with E-state index in [9.17, 15) is 9.59 Å². The average molecular weight is 389 g/mol. The van der Waals surface area contributed by atoms with Crippen LogP contribution in [0.2, 0.25) is 0 Å². The molecule has 0 aliphatic carbocycles. The van der Waals surface area contributed by atoms with Gasteiger partial charge in [0.2, 0.25) is 11.2 Å². The zero-order valence-corrected chi connectivity index (χ0v) is 15.8. The van der Waals surface area contributed by atoms with E-state index in [4.69, 9.17) is 13.6 Å². The summed E-state index contributed by atoms with van der Waals surface area (Å²) in [6.07, 6.45) is 1.53. The summed E-state index contributed by atoms with van der Waals surface area (Å²) in [5.74, 6) is 0.570. The number of carbonyl (C=O) groups is 1. The van der Waals surface area contributed by atoms with E-state index in [-0.39, 0.29) is 30.2 Å². The van der Waals surface area contributed by atoms with E-state index in [1.54, 1.807) is 18.2 Å². The highest BCUT2D eigenvalue weighted by molar-refractivity contribution is 5.83. The molecule has 0 atom stereocenters. The maximum atomic E-state index is 13.1. The summed E-state index contributed by atoms with van der Waals surface area (Å²) in [5.41, 5.74) is 1.83. The molecule has 0 bridgehead atoms. The van der Waals surface area contributed by atoms with E-state index in [2.05, 4.69) is 5.32 Å². The highest BCUT2D eigenvalue weighted by Gasteiger charge is 2.19.